The average molecular weight is 265 g/mol. The van der Waals surface area contributed by atoms with Gasteiger partial charge in [0.1, 0.15) is 0 Å². The van der Waals surface area contributed by atoms with Crippen molar-refractivity contribution in [3.8, 4) is 11.5 Å². The van der Waals surface area contributed by atoms with E-state index in [4.69, 9.17) is 9.47 Å². The monoisotopic (exact) mass is 265 g/mol. The van der Waals surface area contributed by atoms with Crippen molar-refractivity contribution in [3.63, 3.8) is 0 Å². The number of benzene rings is 1. The van der Waals surface area contributed by atoms with Crippen molar-refractivity contribution in [2.24, 2.45) is 5.92 Å². The molecule has 1 aromatic carbocycles. The Kier molecular flexibility index (Phi) is 3.07. The van der Waals surface area contributed by atoms with Crippen LogP contribution < -0.4 is 9.47 Å². The second-order valence-corrected chi connectivity index (χ2v) is 5.04. The zero-order valence-electron chi connectivity index (χ0n) is 9.96. The number of fused-ring (bicyclic) bond motifs is 1. The number of nitrogens with zero attached hydrogens (tertiary/aromatic N) is 1. The number of para-hydroxylation sites is 1. The van der Waals surface area contributed by atoms with Gasteiger partial charge < -0.3 is 14.4 Å². The highest BCUT2D eigenvalue weighted by Crippen LogP contribution is 2.36. The lowest BCUT2D eigenvalue weighted by Crippen LogP contribution is -2.24. The van der Waals surface area contributed by atoms with E-state index in [0.29, 0.717) is 18.9 Å². The first-order valence-corrected chi connectivity index (χ1v) is 6.67. The van der Waals surface area contributed by atoms with Crippen LogP contribution in [0.5, 0.6) is 11.5 Å². The van der Waals surface area contributed by atoms with Crippen LogP contribution in [0.4, 0.5) is 0 Å². The van der Waals surface area contributed by atoms with Gasteiger partial charge in [-0.3, -0.25) is 4.79 Å². The van der Waals surface area contributed by atoms with E-state index in [1.54, 1.807) is 0 Å². The van der Waals surface area contributed by atoms with Crippen molar-refractivity contribution >= 4 is 18.5 Å². The van der Waals surface area contributed by atoms with E-state index in [2.05, 4.69) is 12.6 Å². The van der Waals surface area contributed by atoms with E-state index in [0.717, 1.165) is 29.4 Å². The molecule has 0 spiro atoms. The highest BCUT2D eigenvalue weighted by molar-refractivity contribution is 7.80. The lowest BCUT2D eigenvalue weighted by molar-refractivity contribution is -0.128. The number of hydrogen-bond acceptors (Lipinski definition) is 4. The molecule has 0 aliphatic carbocycles. The standard InChI is InChI=1S/C13H15NO3S/c15-12-4-9(7-18)5-14(12)6-10-2-1-3-11-13(10)17-8-16-11/h1-3,9,18H,4-8H2. The van der Waals surface area contributed by atoms with Crippen LogP contribution in [-0.2, 0) is 11.3 Å². The fraction of sp³-hybridized carbons (Fsp3) is 0.462. The molecule has 2 aliphatic rings. The van der Waals surface area contributed by atoms with Crippen LogP contribution in [0.1, 0.15) is 12.0 Å². The first-order valence-electron chi connectivity index (χ1n) is 6.04. The van der Waals surface area contributed by atoms with Crippen LogP contribution in [0.15, 0.2) is 18.2 Å². The van der Waals surface area contributed by atoms with Gasteiger partial charge in [-0.05, 0) is 17.7 Å². The summed E-state index contributed by atoms with van der Waals surface area (Å²) in [4.78, 5) is 13.7. The Morgan fingerprint density at radius 2 is 2.28 bits per heavy atom. The molecular weight excluding hydrogens is 250 g/mol. The summed E-state index contributed by atoms with van der Waals surface area (Å²) in [5.74, 6) is 2.87. The van der Waals surface area contributed by atoms with Crippen LogP contribution in [0, 0.1) is 5.92 Å². The summed E-state index contributed by atoms with van der Waals surface area (Å²) in [6.07, 6.45) is 0.607. The number of rotatable bonds is 3. The third-order valence-corrected chi connectivity index (χ3v) is 3.91. The molecule has 5 heteroatoms. The molecule has 96 valence electrons. The summed E-state index contributed by atoms with van der Waals surface area (Å²) in [7, 11) is 0. The van der Waals surface area contributed by atoms with Gasteiger partial charge in [-0.1, -0.05) is 12.1 Å². The van der Waals surface area contributed by atoms with Gasteiger partial charge in [0.2, 0.25) is 12.7 Å². The number of amides is 1. The Labute approximate surface area is 111 Å². The average Bonchev–Trinajstić information content (AvgIpc) is 2.97. The fourth-order valence-corrected chi connectivity index (χ4v) is 2.69. The minimum Gasteiger partial charge on any atom is -0.454 e. The van der Waals surface area contributed by atoms with Crippen molar-refractivity contribution in [2.45, 2.75) is 13.0 Å². The van der Waals surface area contributed by atoms with Gasteiger partial charge in [-0.2, -0.15) is 12.6 Å². The van der Waals surface area contributed by atoms with Gasteiger partial charge in [0.05, 0.1) is 0 Å². The van der Waals surface area contributed by atoms with Crippen LogP contribution >= 0.6 is 12.6 Å². The number of likely N-dealkylation sites (tertiary alicyclic amines) is 1. The molecule has 0 bridgehead atoms. The number of thiol groups is 1. The van der Waals surface area contributed by atoms with E-state index in [9.17, 15) is 4.79 Å². The number of carbonyl (C=O) groups excluding carboxylic acids is 1. The van der Waals surface area contributed by atoms with E-state index >= 15 is 0 Å². The van der Waals surface area contributed by atoms with Crippen molar-refractivity contribution in [1.29, 1.82) is 0 Å². The Morgan fingerprint density at radius 3 is 3.06 bits per heavy atom. The van der Waals surface area contributed by atoms with Crippen LogP contribution in [0.3, 0.4) is 0 Å². The predicted octanol–water partition coefficient (Wildman–Crippen LogP) is 1.69. The minimum absolute atomic E-state index is 0.200. The molecule has 2 heterocycles. The third kappa shape index (κ3) is 2.03. The maximum atomic E-state index is 11.9. The highest BCUT2D eigenvalue weighted by Gasteiger charge is 2.30. The Balaban J connectivity index is 1.78. The smallest absolute Gasteiger partial charge is 0.231 e. The first kappa shape index (κ1) is 11.7. The molecule has 0 radical (unpaired) electrons. The maximum absolute atomic E-state index is 11.9. The summed E-state index contributed by atoms with van der Waals surface area (Å²) in [6, 6.07) is 5.79. The fourth-order valence-electron chi connectivity index (χ4n) is 2.45. The molecule has 1 atom stereocenters. The molecule has 18 heavy (non-hydrogen) atoms. The van der Waals surface area contributed by atoms with Crippen LogP contribution in [0.2, 0.25) is 0 Å². The number of carbonyl (C=O) groups is 1. The molecule has 4 nitrogen and oxygen atoms in total. The predicted molar refractivity (Wildman–Crippen MR) is 69.9 cm³/mol. The van der Waals surface area contributed by atoms with Crippen molar-refractivity contribution in [1.82, 2.24) is 4.90 Å². The van der Waals surface area contributed by atoms with E-state index in [1.165, 1.54) is 0 Å². The lowest BCUT2D eigenvalue weighted by atomic mass is 10.1. The van der Waals surface area contributed by atoms with Gasteiger partial charge in [0.15, 0.2) is 11.5 Å². The SMILES string of the molecule is O=C1CC(CS)CN1Cc1cccc2c1OCO2. The highest BCUT2D eigenvalue weighted by atomic mass is 32.1. The van der Waals surface area contributed by atoms with E-state index < -0.39 is 0 Å². The summed E-state index contributed by atoms with van der Waals surface area (Å²) in [5.41, 5.74) is 1.01. The summed E-state index contributed by atoms with van der Waals surface area (Å²) in [5, 5.41) is 0. The van der Waals surface area contributed by atoms with Gasteiger partial charge in [-0.25, -0.2) is 0 Å². The van der Waals surface area contributed by atoms with Crippen molar-refractivity contribution < 1.29 is 14.3 Å². The summed E-state index contributed by atoms with van der Waals surface area (Å²) in [6.45, 7) is 1.64. The molecule has 3 rings (SSSR count). The van der Waals surface area contributed by atoms with Crippen molar-refractivity contribution in [2.75, 3.05) is 19.1 Å². The van der Waals surface area contributed by atoms with Gasteiger partial charge in [0.25, 0.3) is 0 Å². The molecule has 0 N–H and O–H groups in total. The lowest BCUT2D eigenvalue weighted by Gasteiger charge is -2.17. The van der Waals surface area contributed by atoms with Gasteiger partial charge in [-0.15, -0.1) is 0 Å². The van der Waals surface area contributed by atoms with Crippen LogP contribution in [-0.4, -0.2) is 29.9 Å². The molecule has 1 saturated heterocycles. The second kappa shape index (κ2) is 4.72. The molecule has 1 aromatic rings. The van der Waals surface area contributed by atoms with Gasteiger partial charge >= 0.3 is 0 Å². The Morgan fingerprint density at radius 1 is 1.39 bits per heavy atom. The number of hydrogen-bond donors (Lipinski definition) is 1. The normalized spacial score (nSPS) is 21.7. The Hall–Kier alpha value is -1.36. The first-order chi connectivity index (χ1) is 8.78. The molecule has 0 aromatic heterocycles. The van der Waals surface area contributed by atoms with E-state index in [1.807, 2.05) is 23.1 Å². The van der Waals surface area contributed by atoms with Crippen LogP contribution in [0.25, 0.3) is 0 Å². The second-order valence-electron chi connectivity index (χ2n) is 4.68. The topological polar surface area (TPSA) is 38.8 Å². The molecular formula is C13H15NO3S. The molecule has 0 saturated carbocycles. The quantitative estimate of drug-likeness (QED) is 0.845. The minimum atomic E-state index is 0.200. The summed E-state index contributed by atoms with van der Waals surface area (Å²) < 4.78 is 10.8. The molecule has 1 fully saturated rings. The van der Waals surface area contributed by atoms with Gasteiger partial charge in [0, 0.05) is 25.1 Å². The zero-order valence-corrected chi connectivity index (χ0v) is 10.9. The molecule has 1 amide bonds. The third-order valence-electron chi connectivity index (χ3n) is 3.39. The Bertz CT molecular complexity index is 477. The number of ether oxygens (including phenoxy) is 2. The largest absolute Gasteiger partial charge is 0.454 e. The zero-order chi connectivity index (χ0) is 12.5. The maximum Gasteiger partial charge on any atom is 0.231 e. The molecule has 1 unspecified atom stereocenters. The van der Waals surface area contributed by atoms with E-state index in [-0.39, 0.29) is 12.7 Å². The van der Waals surface area contributed by atoms with Crippen molar-refractivity contribution in [3.05, 3.63) is 23.8 Å². The summed E-state index contributed by atoms with van der Waals surface area (Å²) >= 11 is 4.26. The molecule has 2 aliphatic heterocycles.